The van der Waals surface area contributed by atoms with Gasteiger partial charge in [-0.15, -0.1) is 0 Å². The standard InChI is InChI=1S/C11H21NO2/c1-7(2)9-5-4-8(3)6-10(9)14-11(12)13/h7-10H,4-6H2,1-3H3,(H2,12,13)/t8-,9+,10-/m1/s1. The third-order valence-electron chi connectivity index (χ3n) is 3.23. The van der Waals surface area contributed by atoms with E-state index in [2.05, 4.69) is 20.8 Å². The fourth-order valence-electron chi connectivity index (χ4n) is 2.40. The van der Waals surface area contributed by atoms with Crippen molar-refractivity contribution >= 4 is 6.09 Å². The summed E-state index contributed by atoms with van der Waals surface area (Å²) in [5, 5.41) is 0. The molecule has 14 heavy (non-hydrogen) atoms. The molecule has 3 heteroatoms. The lowest BCUT2D eigenvalue weighted by atomic mass is 9.75. The third-order valence-corrected chi connectivity index (χ3v) is 3.23. The Morgan fingerprint density at radius 2 is 2.07 bits per heavy atom. The van der Waals surface area contributed by atoms with Crippen LogP contribution in [0.4, 0.5) is 4.79 Å². The van der Waals surface area contributed by atoms with Crippen molar-refractivity contribution in [1.29, 1.82) is 0 Å². The topological polar surface area (TPSA) is 52.3 Å². The highest BCUT2D eigenvalue weighted by molar-refractivity contribution is 5.64. The molecule has 0 saturated heterocycles. The van der Waals surface area contributed by atoms with Crippen molar-refractivity contribution < 1.29 is 9.53 Å². The van der Waals surface area contributed by atoms with Gasteiger partial charge in [-0.2, -0.15) is 0 Å². The van der Waals surface area contributed by atoms with E-state index in [1.54, 1.807) is 0 Å². The zero-order chi connectivity index (χ0) is 10.7. The van der Waals surface area contributed by atoms with E-state index in [0.29, 0.717) is 17.8 Å². The van der Waals surface area contributed by atoms with E-state index < -0.39 is 6.09 Å². The molecule has 0 spiro atoms. The Morgan fingerprint density at radius 1 is 1.43 bits per heavy atom. The van der Waals surface area contributed by atoms with Crippen molar-refractivity contribution in [2.24, 2.45) is 23.5 Å². The van der Waals surface area contributed by atoms with Gasteiger partial charge in [0.15, 0.2) is 0 Å². The highest BCUT2D eigenvalue weighted by Crippen LogP contribution is 2.35. The molecule has 1 amide bonds. The highest BCUT2D eigenvalue weighted by atomic mass is 16.6. The third kappa shape index (κ3) is 2.89. The van der Waals surface area contributed by atoms with Crippen LogP contribution in [0.2, 0.25) is 0 Å². The Kier molecular flexibility index (Phi) is 3.78. The minimum atomic E-state index is -0.630. The zero-order valence-electron chi connectivity index (χ0n) is 9.32. The Bertz CT molecular complexity index is 203. The molecule has 1 rings (SSSR count). The molecule has 0 radical (unpaired) electrons. The number of rotatable bonds is 2. The monoisotopic (exact) mass is 199 g/mol. The number of nitrogens with two attached hydrogens (primary N) is 1. The van der Waals surface area contributed by atoms with E-state index in [4.69, 9.17) is 10.5 Å². The van der Waals surface area contributed by atoms with Crippen LogP contribution in [-0.2, 0) is 4.74 Å². The summed E-state index contributed by atoms with van der Waals surface area (Å²) < 4.78 is 5.17. The van der Waals surface area contributed by atoms with Crippen LogP contribution in [0.25, 0.3) is 0 Å². The Morgan fingerprint density at radius 3 is 2.57 bits per heavy atom. The normalized spacial score (nSPS) is 33.0. The molecule has 3 nitrogen and oxygen atoms in total. The summed E-state index contributed by atoms with van der Waals surface area (Å²) in [6.07, 6.45) is 2.76. The summed E-state index contributed by atoms with van der Waals surface area (Å²) in [4.78, 5) is 10.7. The van der Waals surface area contributed by atoms with Crippen LogP contribution in [0.5, 0.6) is 0 Å². The quantitative estimate of drug-likeness (QED) is 0.743. The number of hydrogen-bond donors (Lipinski definition) is 1. The molecule has 0 heterocycles. The van der Waals surface area contributed by atoms with Gasteiger partial charge in [-0.1, -0.05) is 27.2 Å². The van der Waals surface area contributed by atoms with Gasteiger partial charge in [0.2, 0.25) is 0 Å². The zero-order valence-corrected chi connectivity index (χ0v) is 9.32. The maximum Gasteiger partial charge on any atom is 0.404 e. The lowest BCUT2D eigenvalue weighted by Crippen LogP contribution is -2.37. The first-order valence-corrected chi connectivity index (χ1v) is 5.46. The van der Waals surface area contributed by atoms with E-state index in [-0.39, 0.29) is 6.10 Å². The summed E-state index contributed by atoms with van der Waals surface area (Å²) in [7, 11) is 0. The van der Waals surface area contributed by atoms with Gasteiger partial charge >= 0.3 is 6.09 Å². The average Bonchev–Trinajstić information content (AvgIpc) is 2.01. The fraction of sp³-hybridized carbons (Fsp3) is 0.909. The van der Waals surface area contributed by atoms with E-state index in [0.717, 1.165) is 12.8 Å². The molecule has 1 saturated carbocycles. The Labute approximate surface area is 86.0 Å². The molecule has 1 fully saturated rings. The largest absolute Gasteiger partial charge is 0.446 e. The number of hydrogen-bond acceptors (Lipinski definition) is 2. The molecule has 2 N–H and O–H groups in total. The lowest BCUT2D eigenvalue weighted by molar-refractivity contribution is 0.0105. The van der Waals surface area contributed by atoms with Crippen LogP contribution in [-0.4, -0.2) is 12.2 Å². The lowest BCUT2D eigenvalue weighted by Gasteiger charge is -2.36. The second-order valence-electron chi connectivity index (χ2n) is 4.80. The van der Waals surface area contributed by atoms with Gasteiger partial charge in [-0.25, -0.2) is 4.79 Å². The molecule has 0 aromatic carbocycles. The molecule has 3 atom stereocenters. The van der Waals surface area contributed by atoms with Gasteiger partial charge in [0.1, 0.15) is 6.10 Å². The second kappa shape index (κ2) is 4.67. The summed E-state index contributed by atoms with van der Waals surface area (Å²) in [5.74, 6) is 1.69. The molecule has 1 aliphatic carbocycles. The number of carbonyl (C=O) groups is 1. The Hall–Kier alpha value is -0.730. The smallest absolute Gasteiger partial charge is 0.404 e. The summed E-state index contributed by atoms with van der Waals surface area (Å²) in [6.45, 7) is 6.56. The first kappa shape index (κ1) is 11.3. The summed E-state index contributed by atoms with van der Waals surface area (Å²) in [6, 6.07) is 0. The van der Waals surface area contributed by atoms with Crippen molar-refractivity contribution in [1.82, 2.24) is 0 Å². The first-order chi connectivity index (χ1) is 6.50. The maximum absolute atomic E-state index is 10.7. The predicted molar refractivity (Wildman–Crippen MR) is 55.8 cm³/mol. The summed E-state index contributed by atoms with van der Waals surface area (Å²) in [5.41, 5.74) is 5.07. The molecule has 82 valence electrons. The van der Waals surface area contributed by atoms with Gasteiger partial charge in [0, 0.05) is 0 Å². The van der Waals surface area contributed by atoms with Crippen molar-refractivity contribution in [2.45, 2.75) is 46.1 Å². The van der Waals surface area contributed by atoms with E-state index >= 15 is 0 Å². The maximum atomic E-state index is 10.7. The van der Waals surface area contributed by atoms with Crippen molar-refractivity contribution in [3.63, 3.8) is 0 Å². The van der Waals surface area contributed by atoms with Crippen molar-refractivity contribution in [3.05, 3.63) is 0 Å². The fourth-order valence-corrected chi connectivity index (χ4v) is 2.40. The predicted octanol–water partition coefficient (Wildman–Crippen LogP) is 2.54. The van der Waals surface area contributed by atoms with Crippen LogP contribution in [0, 0.1) is 17.8 Å². The van der Waals surface area contributed by atoms with Crippen LogP contribution in [0.3, 0.4) is 0 Å². The molecular formula is C11H21NO2. The highest BCUT2D eigenvalue weighted by Gasteiger charge is 2.32. The van der Waals surface area contributed by atoms with Crippen LogP contribution in [0.15, 0.2) is 0 Å². The van der Waals surface area contributed by atoms with Gasteiger partial charge in [0.05, 0.1) is 0 Å². The number of amides is 1. The molecule has 0 aliphatic heterocycles. The number of ether oxygens (including phenoxy) is 1. The van der Waals surface area contributed by atoms with E-state index in [1.165, 1.54) is 6.42 Å². The first-order valence-electron chi connectivity index (χ1n) is 5.46. The molecular weight excluding hydrogens is 178 g/mol. The SMILES string of the molecule is CC(C)[C@@H]1CC[C@@H](C)C[C@H]1OC(N)=O. The van der Waals surface area contributed by atoms with Crippen molar-refractivity contribution in [3.8, 4) is 0 Å². The van der Waals surface area contributed by atoms with Crippen LogP contribution >= 0.6 is 0 Å². The van der Waals surface area contributed by atoms with E-state index in [9.17, 15) is 4.79 Å². The van der Waals surface area contributed by atoms with Gasteiger partial charge in [-0.3, -0.25) is 0 Å². The number of carbonyl (C=O) groups excluding carboxylic acids is 1. The van der Waals surface area contributed by atoms with Crippen LogP contribution < -0.4 is 5.73 Å². The van der Waals surface area contributed by atoms with Gasteiger partial charge < -0.3 is 10.5 Å². The molecule has 0 aromatic rings. The molecule has 1 aliphatic rings. The number of primary amides is 1. The summed E-state index contributed by atoms with van der Waals surface area (Å²) >= 11 is 0. The second-order valence-corrected chi connectivity index (χ2v) is 4.80. The minimum absolute atomic E-state index is 0.0382. The van der Waals surface area contributed by atoms with E-state index in [1.807, 2.05) is 0 Å². The average molecular weight is 199 g/mol. The van der Waals surface area contributed by atoms with Gasteiger partial charge in [-0.05, 0) is 30.6 Å². The minimum Gasteiger partial charge on any atom is -0.446 e. The van der Waals surface area contributed by atoms with Crippen LogP contribution in [0.1, 0.15) is 40.0 Å². The Balaban J connectivity index is 2.58. The molecule has 0 bridgehead atoms. The van der Waals surface area contributed by atoms with Gasteiger partial charge in [0.25, 0.3) is 0 Å². The molecule has 0 unspecified atom stereocenters. The van der Waals surface area contributed by atoms with Crippen molar-refractivity contribution in [2.75, 3.05) is 0 Å². The molecule has 0 aromatic heterocycles.